The number of nitrogens with one attached hydrogen (secondary N) is 1. The van der Waals surface area contributed by atoms with Crippen molar-refractivity contribution in [1.29, 1.82) is 0 Å². The van der Waals surface area contributed by atoms with Crippen LogP contribution < -0.4 is 5.32 Å². The minimum atomic E-state index is -4.36. The van der Waals surface area contributed by atoms with Gasteiger partial charge in [-0.1, -0.05) is 19.1 Å². The van der Waals surface area contributed by atoms with Crippen LogP contribution in [0.2, 0.25) is 0 Å². The first kappa shape index (κ1) is 19.8. The Hall–Kier alpha value is -1.21. The number of rotatable bonds is 7. The number of halogens is 3. The molecule has 0 aliphatic heterocycles. The largest absolute Gasteiger partial charge is 0.416 e. The molecule has 0 aliphatic carbocycles. The van der Waals surface area contributed by atoms with Gasteiger partial charge in [-0.25, -0.2) is 0 Å². The Morgan fingerprint density at radius 3 is 2.26 bits per heavy atom. The number of carbonyl (C=O) groups excluding carboxylic acids is 1. The molecule has 0 aliphatic rings. The maximum Gasteiger partial charge on any atom is 0.416 e. The summed E-state index contributed by atoms with van der Waals surface area (Å²) < 4.78 is 37.6. The predicted molar refractivity (Wildman–Crippen MR) is 86.5 cm³/mol. The summed E-state index contributed by atoms with van der Waals surface area (Å²) in [5.74, 6) is -0.372. The maximum atomic E-state index is 12.5. The van der Waals surface area contributed by atoms with Crippen molar-refractivity contribution < 1.29 is 23.1 Å². The molecule has 0 aromatic heterocycles. The van der Waals surface area contributed by atoms with Crippen LogP contribution in [0.25, 0.3) is 0 Å². The molecule has 3 nitrogen and oxygen atoms in total. The normalized spacial score (nSPS) is 15.8. The van der Waals surface area contributed by atoms with Crippen molar-refractivity contribution >= 4 is 17.7 Å². The van der Waals surface area contributed by atoms with E-state index < -0.39 is 11.7 Å². The standard InChI is InChI=1S/C16H22F3NO2S/c1-10(8-15(22)20-11(2)14(9-21)23-3)12-4-6-13(7-5-12)16(17,18)19/h4-7,10-11,14,21H,8-9H2,1-3H3,(H,20,22). The minimum Gasteiger partial charge on any atom is -0.395 e. The van der Waals surface area contributed by atoms with E-state index in [2.05, 4.69) is 5.32 Å². The van der Waals surface area contributed by atoms with Gasteiger partial charge in [-0.15, -0.1) is 0 Å². The van der Waals surface area contributed by atoms with Gasteiger partial charge in [0.05, 0.1) is 12.2 Å². The average Bonchev–Trinajstić information content (AvgIpc) is 2.47. The van der Waals surface area contributed by atoms with Crippen molar-refractivity contribution in [1.82, 2.24) is 5.32 Å². The second kappa shape index (κ2) is 8.59. The van der Waals surface area contributed by atoms with E-state index in [1.165, 1.54) is 23.9 Å². The molecule has 1 amide bonds. The van der Waals surface area contributed by atoms with Crippen LogP contribution in [0.15, 0.2) is 24.3 Å². The third kappa shape index (κ3) is 6.06. The first-order chi connectivity index (χ1) is 10.7. The average molecular weight is 349 g/mol. The Kier molecular flexibility index (Phi) is 7.41. The molecule has 0 radical (unpaired) electrons. The van der Waals surface area contributed by atoms with Crippen LogP contribution in [0, 0.1) is 0 Å². The first-order valence-electron chi connectivity index (χ1n) is 7.29. The van der Waals surface area contributed by atoms with Gasteiger partial charge in [0.15, 0.2) is 0 Å². The molecule has 7 heteroatoms. The third-order valence-electron chi connectivity index (χ3n) is 3.73. The molecular weight excluding hydrogens is 327 g/mol. The number of benzene rings is 1. The Bertz CT molecular complexity index is 501. The van der Waals surface area contributed by atoms with Gasteiger partial charge in [-0.2, -0.15) is 24.9 Å². The molecule has 0 heterocycles. The summed E-state index contributed by atoms with van der Waals surface area (Å²) >= 11 is 1.47. The van der Waals surface area contributed by atoms with Crippen LogP contribution >= 0.6 is 11.8 Å². The van der Waals surface area contributed by atoms with Gasteiger partial charge in [0.25, 0.3) is 0 Å². The van der Waals surface area contributed by atoms with Crippen LogP contribution in [0.4, 0.5) is 13.2 Å². The molecule has 3 atom stereocenters. The van der Waals surface area contributed by atoms with Crippen LogP contribution in [0.3, 0.4) is 0 Å². The summed E-state index contributed by atoms with van der Waals surface area (Å²) in [6, 6.07) is 4.69. The Labute approximate surface area is 138 Å². The molecule has 0 fully saturated rings. The Morgan fingerprint density at radius 2 is 1.83 bits per heavy atom. The van der Waals surface area contributed by atoms with Crippen LogP contribution in [-0.4, -0.2) is 35.2 Å². The number of aliphatic hydroxyl groups is 1. The highest BCUT2D eigenvalue weighted by Crippen LogP contribution is 2.30. The van der Waals surface area contributed by atoms with E-state index >= 15 is 0 Å². The van der Waals surface area contributed by atoms with Gasteiger partial charge >= 0.3 is 6.18 Å². The molecule has 2 N–H and O–H groups in total. The number of amides is 1. The van der Waals surface area contributed by atoms with E-state index in [-0.39, 0.29) is 36.1 Å². The number of carbonyl (C=O) groups is 1. The number of thioether (sulfide) groups is 1. The van der Waals surface area contributed by atoms with Crippen molar-refractivity contribution in [3.8, 4) is 0 Å². The molecule has 0 spiro atoms. The van der Waals surface area contributed by atoms with Gasteiger partial charge in [0, 0.05) is 17.7 Å². The summed E-state index contributed by atoms with van der Waals surface area (Å²) in [6.45, 7) is 3.58. The summed E-state index contributed by atoms with van der Waals surface area (Å²) in [4.78, 5) is 12.0. The molecule has 3 unspecified atom stereocenters. The second-order valence-corrected chi connectivity index (χ2v) is 6.61. The van der Waals surface area contributed by atoms with Gasteiger partial charge < -0.3 is 10.4 Å². The zero-order valence-corrected chi connectivity index (χ0v) is 14.2. The Balaban J connectivity index is 2.61. The van der Waals surface area contributed by atoms with E-state index in [4.69, 9.17) is 0 Å². The third-order valence-corrected chi connectivity index (χ3v) is 4.89. The fourth-order valence-electron chi connectivity index (χ4n) is 2.24. The van der Waals surface area contributed by atoms with E-state index in [1.807, 2.05) is 13.2 Å². The summed E-state index contributed by atoms with van der Waals surface area (Å²) in [7, 11) is 0. The maximum absolute atomic E-state index is 12.5. The lowest BCUT2D eigenvalue weighted by Crippen LogP contribution is -2.41. The molecule has 130 valence electrons. The topological polar surface area (TPSA) is 49.3 Å². The van der Waals surface area contributed by atoms with Crippen molar-refractivity contribution in [2.24, 2.45) is 0 Å². The van der Waals surface area contributed by atoms with Crippen molar-refractivity contribution in [3.05, 3.63) is 35.4 Å². The monoisotopic (exact) mass is 349 g/mol. The highest BCUT2D eigenvalue weighted by molar-refractivity contribution is 7.99. The van der Waals surface area contributed by atoms with Gasteiger partial charge in [-0.3, -0.25) is 4.79 Å². The Morgan fingerprint density at radius 1 is 1.26 bits per heavy atom. The number of aliphatic hydroxyl groups excluding tert-OH is 1. The smallest absolute Gasteiger partial charge is 0.395 e. The molecule has 0 saturated carbocycles. The summed E-state index contributed by atoms with van der Waals surface area (Å²) in [6.07, 6.45) is -2.32. The molecule has 1 aromatic rings. The molecule has 0 bridgehead atoms. The fraction of sp³-hybridized carbons (Fsp3) is 0.562. The summed E-state index contributed by atoms with van der Waals surface area (Å²) in [5.41, 5.74) is -0.0124. The highest BCUT2D eigenvalue weighted by atomic mass is 32.2. The zero-order chi connectivity index (χ0) is 17.6. The minimum absolute atomic E-state index is 0.0307. The lowest BCUT2D eigenvalue weighted by Gasteiger charge is -2.22. The molecule has 1 aromatic carbocycles. The van der Waals surface area contributed by atoms with Crippen LogP contribution in [-0.2, 0) is 11.0 Å². The number of alkyl halides is 3. The van der Waals surface area contributed by atoms with E-state index in [0.717, 1.165) is 12.1 Å². The highest BCUT2D eigenvalue weighted by Gasteiger charge is 2.30. The molecule has 23 heavy (non-hydrogen) atoms. The molecule has 1 rings (SSSR count). The van der Waals surface area contributed by atoms with Crippen LogP contribution in [0.5, 0.6) is 0 Å². The van der Waals surface area contributed by atoms with Crippen molar-refractivity contribution in [2.45, 2.75) is 43.7 Å². The zero-order valence-electron chi connectivity index (χ0n) is 13.4. The second-order valence-electron chi connectivity index (χ2n) is 5.54. The number of hydrogen-bond donors (Lipinski definition) is 2. The van der Waals surface area contributed by atoms with Gasteiger partial charge in [0.2, 0.25) is 5.91 Å². The SMILES string of the molecule is CSC(CO)C(C)NC(=O)CC(C)c1ccc(C(F)(F)F)cc1. The molecule has 0 saturated heterocycles. The summed E-state index contributed by atoms with van der Waals surface area (Å²) in [5, 5.41) is 11.9. The van der Waals surface area contributed by atoms with E-state index in [9.17, 15) is 23.1 Å². The van der Waals surface area contributed by atoms with Crippen LogP contribution in [0.1, 0.15) is 37.3 Å². The van der Waals surface area contributed by atoms with Gasteiger partial charge in [-0.05, 0) is 36.8 Å². The number of hydrogen-bond acceptors (Lipinski definition) is 3. The molecular formula is C16H22F3NO2S. The first-order valence-corrected chi connectivity index (χ1v) is 8.58. The predicted octanol–water partition coefficient (Wildman–Crippen LogP) is 3.43. The van der Waals surface area contributed by atoms with E-state index in [1.54, 1.807) is 6.92 Å². The quantitative estimate of drug-likeness (QED) is 0.793. The van der Waals surface area contributed by atoms with Gasteiger partial charge in [0.1, 0.15) is 0 Å². The van der Waals surface area contributed by atoms with E-state index in [0.29, 0.717) is 5.56 Å². The lowest BCUT2D eigenvalue weighted by atomic mass is 9.96. The van der Waals surface area contributed by atoms with Crippen molar-refractivity contribution in [2.75, 3.05) is 12.9 Å². The fourth-order valence-corrected chi connectivity index (χ4v) is 2.86. The lowest BCUT2D eigenvalue weighted by molar-refractivity contribution is -0.137. The van der Waals surface area contributed by atoms with Crippen molar-refractivity contribution in [3.63, 3.8) is 0 Å².